The Balaban J connectivity index is 1.42. The fourth-order valence-electron chi connectivity index (χ4n) is 5.57. The molecular formula is C31H27N3O6S2. The number of hydrogen-bond donors (Lipinski definition) is 1. The zero-order valence-corrected chi connectivity index (χ0v) is 24.7. The first kappa shape index (κ1) is 27.8. The maximum absolute atomic E-state index is 14.1. The van der Waals surface area contributed by atoms with Crippen LogP contribution in [0.1, 0.15) is 21.9 Å². The Kier molecular flexibility index (Phi) is 7.38. The van der Waals surface area contributed by atoms with E-state index < -0.39 is 17.1 Å². The predicted octanol–water partition coefficient (Wildman–Crippen LogP) is 4.67. The third-order valence-electron chi connectivity index (χ3n) is 7.46. The number of fused-ring (bicyclic) bond motifs is 2. The highest BCUT2D eigenvalue weighted by Gasteiger charge is 2.57. The van der Waals surface area contributed by atoms with Crippen molar-refractivity contribution < 1.29 is 23.9 Å². The van der Waals surface area contributed by atoms with Crippen molar-refractivity contribution in [2.75, 3.05) is 24.4 Å². The van der Waals surface area contributed by atoms with Crippen molar-refractivity contribution in [1.82, 2.24) is 4.57 Å². The Labute approximate surface area is 250 Å². The number of para-hydroxylation sites is 1. The Morgan fingerprint density at radius 3 is 2.40 bits per heavy atom. The van der Waals surface area contributed by atoms with E-state index in [9.17, 15) is 19.2 Å². The molecule has 2 aliphatic rings. The van der Waals surface area contributed by atoms with Crippen molar-refractivity contribution in [1.29, 1.82) is 0 Å². The molecule has 11 heteroatoms. The first-order valence-electron chi connectivity index (χ1n) is 13.2. The molecule has 1 saturated heterocycles. The van der Waals surface area contributed by atoms with Crippen LogP contribution >= 0.6 is 23.1 Å². The minimum atomic E-state index is -0.804. The van der Waals surface area contributed by atoms with Gasteiger partial charge in [0.1, 0.15) is 23.3 Å². The van der Waals surface area contributed by atoms with Gasteiger partial charge >= 0.3 is 4.87 Å². The molecule has 4 aromatic rings. The quantitative estimate of drug-likeness (QED) is 0.307. The molecule has 0 saturated carbocycles. The van der Waals surface area contributed by atoms with Gasteiger partial charge in [-0.1, -0.05) is 53.4 Å². The summed E-state index contributed by atoms with van der Waals surface area (Å²) in [5.41, 5.74) is 2.76. The van der Waals surface area contributed by atoms with Crippen LogP contribution < -0.4 is 24.6 Å². The van der Waals surface area contributed by atoms with E-state index in [1.54, 1.807) is 50.6 Å². The summed E-state index contributed by atoms with van der Waals surface area (Å²) in [6, 6.07) is 21.5. The van der Waals surface area contributed by atoms with E-state index >= 15 is 0 Å². The molecule has 1 fully saturated rings. The average Bonchev–Trinajstić information content (AvgIpc) is 3.43. The number of carbonyl (C=O) groups is 3. The lowest BCUT2D eigenvalue weighted by atomic mass is 9.82. The number of nitrogens with one attached hydrogen (secondary N) is 1. The smallest absolute Gasteiger partial charge is 0.308 e. The van der Waals surface area contributed by atoms with Crippen molar-refractivity contribution >= 4 is 52.2 Å². The summed E-state index contributed by atoms with van der Waals surface area (Å²) >= 11 is 2.17. The molecule has 3 atom stereocenters. The Bertz CT molecular complexity index is 1760. The van der Waals surface area contributed by atoms with Crippen LogP contribution in [-0.4, -0.2) is 41.8 Å². The summed E-state index contributed by atoms with van der Waals surface area (Å²) in [7, 11) is 3.09. The van der Waals surface area contributed by atoms with Gasteiger partial charge in [-0.15, -0.1) is 0 Å². The van der Waals surface area contributed by atoms with Crippen LogP contribution in [0.15, 0.2) is 82.6 Å². The maximum atomic E-state index is 14.1. The highest BCUT2D eigenvalue weighted by atomic mass is 32.2. The van der Waals surface area contributed by atoms with Gasteiger partial charge < -0.3 is 14.8 Å². The lowest BCUT2D eigenvalue weighted by Gasteiger charge is -2.31. The lowest BCUT2D eigenvalue weighted by Crippen LogP contribution is -2.33. The summed E-state index contributed by atoms with van der Waals surface area (Å²) in [6.45, 7) is 1.70. The first-order valence-corrected chi connectivity index (χ1v) is 14.9. The second-order valence-corrected chi connectivity index (χ2v) is 12.2. The summed E-state index contributed by atoms with van der Waals surface area (Å²) in [5.74, 6) is -1.34. The third kappa shape index (κ3) is 4.78. The summed E-state index contributed by atoms with van der Waals surface area (Å²) in [5, 5.41) is 2.56. The van der Waals surface area contributed by atoms with Gasteiger partial charge in [-0.2, -0.15) is 0 Å². The summed E-state index contributed by atoms with van der Waals surface area (Å²) < 4.78 is 12.3. The molecule has 9 nitrogen and oxygen atoms in total. The predicted molar refractivity (Wildman–Crippen MR) is 162 cm³/mol. The monoisotopic (exact) mass is 601 g/mol. The van der Waals surface area contributed by atoms with Gasteiger partial charge in [0, 0.05) is 22.0 Å². The SMILES string of the molecule is COc1ccc(N2C(=O)C3Sc4c(sc(=O)n4CC(=O)Nc4cccc(C)c4)[C@H](c4ccccc4OC)C3C2=O)cc1. The molecule has 3 heterocycles. The number of thiazole rings is 1. The number of aromatic nitrogens is 1. The van der Waals surface area contributed by atoms with Crippen molar-refractivity contribution in [2.45, 2.75) is 29.7 Å². The molecule has 2 aliphatic heterocycles. The molecule has 0 radical (unpaired) electrons. The molecular weight excluding hydrogens is 574 g/mol. The largest absolute Gasteiger partial charge is 0.497 e. The minimum absolute atomic E-state index is 0.230. The molecule has 2 unspecified atom stereocenters. The van der Waals surface area contributed by atoms with Gasteiger partial charge in [-0.05, 0) is 55.0 Å². The molecule has 214 valence electrons. The topological polar surface area (TPSA) is 107 Å². The van der Waals surface area contributed by atoms with E-state index in [0.29, 0.717) is 38.3 Å². The highest BCUT2D eigenvalue weighted by Crippen LogP contribution is 2.55. The van der Waals surface area contributed by atoms with Crippen LogP contribution in [-0.2, 0) is 20.9 Å². The zero-order chi connectivity index (χ0) is 29.5. The normalized spacial score (nSPS) is 19.3. The molecule has 3 aromatic carbocycles. The van der Waals surface area contributed by atoms with Crippen LogP contribution in [0.2, 0.25) is 0 Å². The number of aryl methyl sites for hydroxylation is 1. The van der Waals surface area contributed by atoms with Crippen molar-refractivity contribution in [3.63, 3.8) is 0 Å². The van der Waals surface area contributed by atoms with Gasteiger partial charge in [0.05, 0.1) is 30.9 Å². The van der Waals surface area contributed by atoms with Gasteiger partial charge in [0.2, 0.25) is 17.7 Å². The number of carbonyl (C=O) groups excluding carboxylic acids is 3. The highest BCUT2D eigenvalue weighted by molar-refractivity contribution is 8.00. The second-order valence-electron chi connectivity index (χ2n) is 10.0. The number of hydrogen-bond acceptors (Lipinski definition) is 8. The molecule has 3 amide bonds. The number of rotatable bonds is 7. The van der Waals surface area contributed by atoms with E-state index in [-0.39, 0.29) is 29.1 Å². The second kappa shape index (κ2) is 11.1. The fraction of sp³-hybridized carbons (Fsp3) is 0.226. The number of anilines is 2. The van der Waals surface area contributed by atoms with Crippen LogP contribution in [0.3, 0.4) is 0 Å². The molecule has 0 aliphatic carbocycles. The molecule has 0 bridgehead atoms. The van der Waals surface area contributed by atoms with E-state index in [2.05, 4.69) is 5.32 Å². The number of ether oxygens (including phenoxy) is 2. The maximum Gasteiger partial charge on any atom is 0.308 e. The number of imide groups is 1. The molecule has 1 N–H and O–H groups in total. The van der Waals surface area contributed by atoms with Gasteiger partial charge in [-0.3, -0.25) is 23.7 Å². The van der Waals surface area contributed by atoms with Crippen LogP contribution in [0.5, 0.6) is 11.5 Å². The van der Waals surface area contributed by atoms with Crippen LogP contribution in [0.25, 0.3) is 0 Å². The third-order valence-corrected chi connectivity index (χ3v) is 10.1. The van der Waals surface area contributed by atoms with Crippen LogP contribution in [0, 0.1) is 12.8 Å². The Morgan fingerprint density at radius 2 is 1.69 bits per heavy atom. The number of benzene rings is 3. The molecule has 42 heavy (non-hydrogen) atoms. The molecule has 0 spiro atoms. The van der Waals surface area contributed by atoms with E-state index in [1.807, 2.05) is 43.3 Å². The molecule has 6 rings (SSSR count). The van der Waals surface area contributed by atoms with Crippen molar-refractivity contribution in [3.05, 3.63) is 98.5 Å². The summed E-state index contributed by atoms with van der Waals surface area (Å²) in [6.07, 6.45) is 0. The van der Waals surface area contributed by atoms with Gasteiger partial charge in [0.15, 0.2) is 0 Å². The van der Waals surface area contributed by atoms with Gasteiger partial charge in [-0.25, -0.2) is 4.90 Å². The molecule has 1 aromatic heterocycles. The Hall–Kier alpha value is -4.35. The fourth-order valence-corrected chi connectivity index (χ4v) is 8.33. The number of amides is 3. The van der Waals surface area contributed by atoms with Gasteiger partial charge in [0.25, 0.3) is 0 Å². The van der Waals surface area contributed by atoms with E-state index in [4.69, 9.17) is 9.47 Å². The van der Waals surface area contributed by atoms with E-state index in [1.165, 1.54) is 21.2 Å². The van der Waals surface area contributed by atoms with Crippen molar-refractivity contribution in [3.8, 4) is 11.5 Å². The first-order chi connectivity index (χ1) is 20.3. The number of thioether (sulfide) groups is 1. The number of methoxy groups -OCH3 is 2. The van der Waals surface area contributed by atoms with E-state index in [0.717, 1.165) is 16.9 Å². The zero-order valence-electron chi connectivity index (χ0n) is 23.0. The Morgan fingerprint density at radius 1 is 0.929 bits per heavy atom. The number of nitrogens with zero attached hydrogens (tertiary/aromatic N) is 2. The minimum Gasteiger partial charge on any atom is -0.497 e. The summed E-state index contributed by atoms with van der Waals surface area (Å²) in [4.78, 5) is 56.0. The average molecular weight is 602 g/mol. The standard InChI is InChI=1S/C31H27N3O6S2/c1-17-7-6-8-18(15-17)32-23(35)16-33-30-27(42-31(33)38)24(21-9-4-5-10-22(21)40-3)25-26(41-30)29(37)34(28(25)36)19-11-13-20(39-2)14-12-19/h4-15,24-26H,16H2,1-3H3,(H,32,35)/t24-,25?,26?/m1/s1. The lowest BCUT2D eigenvalue weighted by molar-refractivity contribution is -0.122. The van der Waals surface area contributed by atoms with Crippen LogP contribution in [0.4, 0.5) is 11.4 Å². The van der Waals surface area contributed by atoms with Crippen molar-refractivity contribution in [2.24, 2.45) is 5.92 Å².